The Kier molecular flexibility index (Phi) is 6.49. The number of nitrogens with zero attached hydrogens (tertiary/aromatic N) is 4. The van der Waals surface area contributed by atoms with Gasteiger partial charge in [-0.15, -0.1) is 5.10 Å². The Labute approximate surface area is 194 Å². The molecule has 33 heavy (non-hydrogen) atoms. The minimum atomic E-state index is -0.161. The van der Waals surface area contributed by atoms with Gasteiger partial charge in [-0.3, -0.25) is 4.79 Å². The van der Waals surface area contributed by atoms with E-state index in [4.69, 9.17) is 0 Å². The fourth-order valence-corrected chi connectivity index (χ4v) is 4.11. The van der Waals surface area contributed by atoms with Crippen molar-refractivity contribution >= 4 is 17.5 Å². The van der Waals surface area contributed by atoms with Gasteiger partial charge in [-0.05, 0) is 75.1 Å². The van der Waals surface area contributed by atoms with E-state index < -0.39 is 0 Å². The molecule has 1 N–H and O–H groups in total. The van der Waals surface area contributed by atoms with E-state index in [0.717, 1.165) is 41.3 Å². The lowest BCUT2D eigenvalue weighted by molar-refractivity contribution is 0.215. The number of aromatic nitrogens is 2. The van der Waals surface area contributed by atoms with Crippen LogP contribution in [0.2, 0.25) is 0 Å². The second kappa shape index (κ2) is 9.48. The van der Waals surface area contributed by atoms with E-state index in [1.807, 2.05) is 62.9 Å². The summed E-state index contributed by atoms with van der Waals surface area (Å²) in [4.78, 5) is 29.4. The van der Waals surface area contributed by atoms with Gasteiger partial charge < -0.3 is 15.1 Å². The minimum absolute atomic E-state index is 0.0862. The maximum Gasteiger partial charge on any atom is 0.321 e. The standard InChI is InChI=1S/C26H31N5O2/c1-18-6-9-23(21(4)16-18)27-26(33)30-13-5-12-29(14-15-30)24-10-11-25(32)31(28-24)22-8-7-19(2)20(3)17-22/h6-11,16-17H,5,12-15H2,1-4H3,(H,27,33). The first-order valence-electron chi connectivity index (χ1n) is 11.4. The molecule has 0 radical (unpaired) electrons. The van der Waals surface area contributed by atoms with Gasteiger partial charge in [-0.2, -0.15) is 4.68 Å². The third-order valence-electron chi connectivity index (χ3n) is 6.25. The SMILES string of the molecule is Cc1ccc(NC(=O)N2CCCN(c3ccc(=O)n(-c4ccc(C)c(C)c4)n3)CC2)c(C)c1. The van der Waals surface area contributed by atoms with Crippen molar-refractivity contribution in [1.82, 2.24) is 14.7 Å². The van der Waals surface area contributed by atoms with Gasteiger partial charge in [0.2, 0.25) is 0 Å². The van der Waals surface area contributed by atoms with Gasteiger partial charge in [0.25, 0.3) is 5.56 Å². The summed E-state index contributed by atoms with van der Waals surface area (Å²) in [7, 11) is 0. The molecule has 3 aromatic rings. The molecule has 0 saturated carbocycles. The molecule has 7 nitrogen and oxygen atoms in total. The number of nitrogens with one attached hydrogen (secondary N) is 1. The molecule has 0 bridgehead atoms. The van der Waals surface area contributed by atoms with E-state index >= 15 is 0 Å². The summed E-state index contributed by atoms with van der Waals surface area (Å²) in [5, 5.41) is 7.69. The fraction of sp³-hybridized carbons (Fsp3) is 0.346. The number of benzene rings is 2. The van der Waals surface area contributed by atoms with Crippen LogP contribution >= 0.6 is 0 Å². The van der Waals surface area contributed by atoms with Crippen molar-refractivity contribution in [3.05, 3.63) is 81.1 Å². The highest BCUT2D eigenvalue weighted by Gasteiger charge is 2.21. The molecule has 2 amide bonds. The minimum Gasteiger partial charge on any atom is -0.353 e. The average molecular weight is 446 g/mol. The molecular formula is C26H31N5O2. The first-order valence-corrected chi connectivity index (χ1v) is 11.4. The van der Waals surface area contributed by atoms with E-state index in [0.29, 0.717) is 19.6 Å². The third-order valence-corrected chi connectivity index (χ3v) is 6.25. The van der Waals surface area contributed by atoms with E-state index in [2.05, 4.69) is 21.4 Å². The summed E-state index contributed by atoms with van der Waals surface area (Å²) in [6, 6.07) is 15.2. The summed E-state index contributed by atoms with van der Waals surface area (Å²) in [5.74, 6) is 0.740. The lowest BCUT2D eigenvalue weighted by atomic mass is 10.1. The Balaban J connectivity index is 1.48. The predicted molar refractivity (Wildman–Crippen MR) is 133 cm³/mol. The van der Waals surface area contributed by atoms with Crippen LogP contribution in [0.25, 0.3) is 5.69 Å². The van der Waals surface area contributed by atoms with Crippen LogP contribution in [0.5, 0.6) is 0 Å². The van der Waals surface area contributed by atoms with E-state index in [9.17, 15) is 9.59 Å². The normalized spacial score (nSPS) is 14.2. The van der Waals surface area contributed by atoms with Crippen molar-refractivity contribution in [2.75, 3.05) is 36.4 Å². The number of carbonyl (C=O) groups is 1. The summed E-state index contributed by atoms with van der Waals surface area (Å²) in [6.45, 7) is 10.8. The summed E-state index contributed by atoms with van der Waals surface area (Å²) >= 11 is 0. The molecule has 0 spiro atoms. The van der Waals surface area contributed by atoms with Gasteiger partial charge in [0, 0.05) is 37.9 Å². The molecule has 2 heterocycles. The lowest BCUT2D eigenvalue weighted by Gasteiger charge is -2.23. The monoisotopic (exact) mass is 445 g/mol. The van der Waals surface area contributed by atoms with Crippen LogP contribution in [-0.4, -0.2) is 46.9 Å². The topological polar surface area (TPSA) is 70.5 Å². The van der Waals surface area contributed by atoms with Crippen LogP contribution in [-0.2, 0) is 0 Å². The van der Waals surface area contributed by atoms with Gasteiger partial charge in [0.1, 0.15) is 5.82 Å². The quantitative estimate of drug-likeness (QED) is 0.656. The highest BCUT2D eigenvalue weighted by Crippen LogP contribution is 2.19. The van der Waals surface area contributed by atoms with Crippen LogP contribution in [0, 0.1) is 27.7 Å². The zero-order valence-corrected chi connectivity index (χ0v) is 19.8. The molecule has 0 unspecified atom stereocenters. The fourth-order valence-electron chi connectivity index (χ4n) is 4.11. The molecular weight excluding hydrogens is 414 g/mol. The number of carbonyl (C=O) groups excluding carboxylic acids is 1. The van der Waals surface area contributed by atoms with E-state index in [-0.39, 0.29) is 11.6 Å². The first-order chi connectivity index (χ1) is 15.8. The zero-order chi connectivity index (χ0) is 23.5. The maximum absolute atomic E-state index is 12.9. The molecule has 4 rings (SSSR count). The van der Waals surface area contributed by atoms with Crippen molar-refractivity contribution in [2.24, 2.45) is 0 Å². The van der Waals surface area contributed by atoms with Crippen LogP contribution in [0.15, 0.2) is 53.3 Å². The zero-order valence-electron chi connectivity index (χ0n) is 19.8. The Morgan fingerprint density at radius 3 is 2.42 bits per heavy atom. The van der Waals surface area contributed by atoms with Gasteiger partial charge in [-0.25, -0.2) is 4.79 Å². The molecule has 1 aromatic heterocycles. The number of anilines is 2. The van der Waals surface area contributed by atoms with Gasteiger partial charge in [0.05, 0.1) is 5.69 Å². The van der Waals surface area contributed by atoms with Crippen molar-refractivity contribution in [3.63, 3.8) is 0 Å². The lowest BCUT2D eigenvalue weighted by Crippen LogP contribution is -2.38. The van der Waals surface area contributed by atoms with Gasteiger partial charge in [0.15, 0.2) is 0 Å². The number of aryl methyl sites for hydroxylation is 4. The third kappa shape index (κ3) is 5.08. The summed E-state index contributed by atoms with van der Waals surface area (Å²) in [6.07, 6.45) is 0.824. The largest absolute Gasteiger partial charge is 0.353 e. The smallest absolute Gasteiger partial charge is 0.321 e. The van der Waals surface area contributed by atoms with E-state index in [1.54, 1.807) is 12.1 Å². The van der Waals surface area contributed by atoms with Crippen LogP contribution in [0.4, 0.5) is 16.3 Å². The van der Waals surface area contributed by atoms with Crippen molar-refractivity contribution in [2.45, 2.75) is 34.1 Å². The maximum atomic E-state index is 12.9. The van der Waals surface area contributed by atoms with Crippen molar-refractivity contribution in [1.29, 1.82) is 0 Å². The Hall–Kier alpha value is -3.61. The molecule has 7 heteroatoms. The molecule has 0 aliphatic carbocycles. The summed E-state index contributed by atoms with van der Waals surface area (Å²) in [5.41, 5.74) is 5.96. The average Bonchev–Trinajstić information content (AvgIpc) is 3.04. The molecule has 1 aliphatic heterocycles. The van der Waals surface area contributed by atoms with Gasteiger partial charge >= 0.3 is 6.03 Å². The number of hydrogen-bond donors (Lipinski definition) is 1. The highest BCUT2D eigenvalue weighted by molar-refractivity contribution is 5.90. The predicted octanol–water partition coefficient (Wildman–Crippen LogP) is 4.21. The van der Waals surface area contributed by atoms with Crippen LogP contribution in [0.3, 0.4) is 0 Å². The van der Waals surface area contributed by atoms with Crippen molar-refractivity contribution < 1.29 is 4.79 Å². The number of amides is 2. The number of rotatable bonds is 3. The molecule has 1 aliphatic rings. The Morgan fingerprint density at radius 2 is 1.67 bits per heavy atom. The molecule has 1 saturated heterocycles. The molecule has 172 valence electrons. The Bertz CT molecular complexity index is 1230. The van der Waals surface area contributed by atoms with Crippen LogP contribution in [0.1, 0.15) is 28.7 Å². The van der Waals surface area contributed by atoms with E-state index in [1.165, 1.54) is 15.8 Å². The second-order valence-electron chi connectivity index (χ2n) is 8.79. The van der Waals surface area contributed by atoms with Gasteiger partial charge in [-0.1, -0.05) is 23.8 Å². The van der Waals surface area contributed by atoms with Crippen molar-refractivity contribution in [3.8, 4) is 5.69 Å². The highest BCUT2D eigenvalue weighted by atomic mass is 16.2. The molecule has 2 aromatic carbocycles. The second-order valence-corrected chi connectivity index (χ2v) is 8.79. The van der Waals surface area contributed by atoms with Crippen LogP contribution < -0.4 is 15.8 Å². The summed E-state index contributed by atoms with van der Waals surface area (Å²) < 4.78 is 1.46. The molecule has 0 atom stereocenters. The first kappa shape index (κ1) is 22.6. The number of urea groups is 1. The molecule has 1 fully saturated rings. The Morgan fingerprint density at radius 1 is 0.848 bits per heavy atom. The number of hydrogen-bond acceptors (Lipinski definition) is 4.